The summed E-state index contributed by atoms with van der Waals surface area (Å²) < 4.78 is 6.47. The van der Waals surface area contributed by atoms with E-state index in [-0.39, 0.29) is 18.6 Å². The van der Waals surface area contributed by atoms with Crippen LogP contribution in [0.1, 0.15) is 23.5 Å². The zero-order valence-corrected chi connectivity index (χ0v) is 13.0. The monoisotopic (exact) mass is 323 g/mol. The summed E-state index contributed by atoms with van der Waals surface area (Å²) in [6, 6.07) is 2.27. The third kappa shape index (κ3) is 3.71. The van der Waals surface area contributed by atoms with Crippen molar-refractivity contribution >= 4 is 33.4 Å². The Bertz CT molecular complexity index is 698. The average molecular weight is 323 g/mol. The van der Waals surface area contributed by atoms with Crippen LogP contribution in [-0.2, 0) is 4.79 Å². The fourth-order valence-electron chi connectivity index (χ4n) is 1.75. The molecule has 1 unspecified atom stereocenters. The van der Waals surface area contributed by atoms with E-state index in [1.165, 1.54) is 11.3 Å². The van der Waals surface area contributed by atoms with Gasteiger partial charge in [-0.25, -0.2) is 0 Å². The predicted molar refractivity (Wildman–Crippen MR) is 83.3 cm³/mol. The van der Waals surface area contributed by atoms with Crippen molar-refractivity contribution in [2.75, 3.05) is 6.54 Å². The Morgan fingerprint density at radius 3 is 2.86 bits per heavy atom. The van der Waals surface area contributed by atoms with Gasteiger partial charge in [0, 0.05) is 12.7 Å². The van der Waals surface area contributed by atoms with Crippen molar-refractivity contribution in [2.24, 2.45) is 5.73 Å². The number of pyridine rings is 1. The van der Waals surface area contributed by atoms with Gasteiger partial charge in [0.2, 0.25) is 0 Å². The molecule has 0 spiro atoms. The van der Waals surface area contributed by atoms with Gasteiger partial charge in [-0.05, 0) is 26.0 Å². The summed E-state index contributed by atoms with van der Waals surface area (Å²) in [5.74, 6) is -0.868. The zero-order chi connectivity index (χ0) is 16.3. The summed E-state index contributed by atoms with van der Waals surface area (Å²) >= 11 is 1.25. The van der Waals surface area contributed by atoms with E-state index >= 15 is 0 Å². The molecule has 1 atom stereocenters. The van der Waals surface area contributed by atoms with Crippen LogP contribution in [0.2, 0.25) is 0 Å². The Morgan fingerprint density at radius 2 is 2.23 bits per heavy atom. The number of carbonyl (C=O) groups is 2. The molecule has 1 amide bonds. The summed E-state index contributed by atoms with van der Waals surface area (Å²) in [7, 11) is 0. The number of aliphatic carboxylic acids is 1. The van der Waals surface area contributed by atoms with Crippen molar-refractivity contribution in [3.05, 3.63) is 23.2 Å². The highest BCUT2D eigenvalue weighted by molar-refractivity contribution is 7.21. The Kier molecular flexibility index (Phi) is 4.94. The van der Waals surface area contributed by atoms with Gasteiger partial charge in [-0.3, -0.25) is 14.6 Å². The van der Waals surface area contributed by atoms with E-state index in [2.05, 4.69) is 10.3 Å². The molecule has 22 heavy (non-hydrogen) atoms. The van der Waals surface area contributed by atoms with Gasteiger partial charge in [0.25, 0.3) is 5.91 Å². The number of nitrogens with two attached hydrogens (primary N) is 1. The second-order valence-corrected chi connectivity index (χ2v) is 6.01. The topological polar surface area (TPSA) is 115 Å². The van der Waals surface area contributed by atoms with Crippen molar-refractivity contribution in [1.82, 2.24) is 10.3 Å². The number of aromatic nitrogens is 1. The van der Waals surface area contributed by atoms with Gasteiger partial charge in [0.05, 0.1) is 21.2 Å². The largest absolute Gasteiger partial charge is 0.489 e. The molecule has 0 aliphatic heterocycles. The van der Waals surface area contributed by atoms with Crippen molar-refractivity contribution < 1.29 is 19.4 Å². The smallest absolute Gasteiger partial charge is 0.322 e. The number of carbonyl (C=O) groups excluding carboxylic acids is 1. The molecule has 0 bridgehead atoms. The van der Waals surface area contributed by atoms with Crippen molar-refractivity contribution in [2.45, 2.75) is 26.0 Å². The van der Waals surface area contributed by atoms with E-state index in [4.69, 9.17) is 15.6 Å². The number of hydrogen-bond donors (Lipinski definition) is 3. The maximum atomic E-state index is 12.1. The van der Waals surface area contributed by atoms with Gasteiger partial charge >= 0.3 is 5.97 Å². The van der Waals surface area contributed by atoms with E-state index in [9.17, 15) is 9.59 Å². The second-order valence-electron chi connectivity index (χ2n) is 4.96. The molecule has 2 aromatic heterocycles. The number of amides is 1. The molecule has 0 saturated heterocycles. The summed E-state index contributed by atoms with van der Waals surface area (Å²) in [6.45, 7) is 3.70. The molecule has 118 valence electrons. The van der Waals surface area contributed by atoms with Gasteiger partial charge in [0.1, 0.15) is 11.8 Å². The Morgan fingerprint density at radius 1 is 1.50 bits per heavy atom. The molecule has 2 heterocycles. The molecule has 0 saturated carbocycles. The SMILES string of the molecule is CC(C)Oc1ccnc2cc(C(=O)NCC(N)C(=O)O)sc12. The van der Waals surface area contributed by atoms with Crippen molar-refractivity contribution in [3.63, 3.8) is 0 Å². The van der Waals surface area contributed by atoms with Gasteiger partial charge in [0.15, 0.2) is 0 Å². The van der Waals surface area contributed by atoms with Crippen molar-refractivity contribution in [3.8, 4) is 5.75 Å². The molecule has 0 aromatic carbocycles. The summed E-state index contributed by atoms with van der Waals surface area (Å²) in [5.41, 5.74) is 6.02. The molecule has 0 radical (unpaired) electrons. The number of thiophene rings is 1. The zero-order valence-electron chi connectivity index (χ0n) is 12.2. The highest BCUT2D eigenvalue weighted by Gasteiger charge is 2.17. The highest BCUT2D eigenvalue weighted by Crippen LogP contribution is 2.32. The van der Waals surface area contributed by atoms with Crippen LogP contribution in [0.25, 0.3) is 10.2 Å². The number of fused-ring (bicyclic) bond motifs is 1. The van der Waals surface area contributed by atoms with Crippen LogP contribution in [-0.4, -0.2) is 40.7 Å². The molecule has 0 aliphatic carbocycles. The molecule has 2 aromatic rings. The van der Waals surface area contributed by atoms with E-state index in [0.29, 0.717) is 16.1 Å². The fourth-order valence-corrected chi connectivity index (χ4v) is 2.74. The molecular formula is C14H17N3O4S. The third-order valence-electron chi connectivity index (χ3n) is 2.76. The maximum Gasteiger partial charge on any atom is 0.322 e. The van der Waals surface area contributed by atoms with Gasteiger partial charge < -0.3 is 20.9 Å². The summed E-state index contributed by atoms with van der Waals surface area (Å²) in [4.78, 5) is 27.3. The fraction of sp³-hybridized carbons (Fsp3) is 0.357. The van der Waals surface area contributed by atoms with E-state index in [1.54, 1.807) is 18.3 Å². The predicted octanol–water partition coefficient (Wildman–Crippen LogP) is 1.23. The molecule has 0 fully saturated rings. The van der Waals surface area contributed by atoms with Crippen LogP contribution in [0.5, 0.6) is 5.75 Å². The lowest BCUT2D eigenvalue weighted by Gasteiger charge is -2.09. The minimum atomic E-state index is -1.16. The quantitative estimate of drug-likeness (QED) is 0.736. The third-order valence-corrected chi connectivity index (χ3v) is 3.90. The van der Waals surface area contributed by atoms with Crippen LogP contribution >= 0.6 is 11.3 Å². The van der Waals surface area contributed by atoms with Crippen LogP contribution < -0.4 is 15.8 Å². The second kappa shape index (κ2) is 6.71. The molecular weight excluding hydrogens is 306 g/mol. The molecule has 8 heteroatoms. The van der Waals surface area contributed by atoms with Crippen LogP contribution in [0.3, 0.4) is 0 Å². The Hall–Kier alpha value is -2.19. The number of nitrogens with one attached hydrogen (secondary N) is 1. The number of hydrogen-bond acceptors (Lipinski definition) is 6. The highest BCUT2D eigenvalue weighted by atomic mass is 32.1. The molecule has 0 aliphatic rings. The number of nitrogens with zero attached hydrogens (tertiary/aromatic N) is 1. The number of rotatable bonds is 6. The first-order valence-electron chi connectivity index (χ1n) is 6.70. The van der Waals surface area contributed by atoms with Crippen LogP contribution in [0.4, 0.5) is 0 Å². The normalized spacial score (nSPS) is 12.4. The lowest BCUT2D eigenvalue weighted by atomic mass is 10.3. The summed E-state index contributed by atoms with van der Waals surface area (Å²) in [5, 5.41) is 11.2. The number of ether oxygens (including phenoxy) is 1. The van der Waals surface area contributed by atoms with Gasteiger partial charge in [-0.15, -0.1) is 11.3 Å². The number of carboxylic acids is 1. The maximum absolute atomic E-state index is 12.1. The Labute approximate surface area is 131 Å². The van der Waals surface area contributed by atoms with E-state index in [0.717, 1.165) is 4.70 Å². The lowest BCUT2D eigenvalue weighted by Crippen LogP contribution is -2.42. The van der Waals surface area contributed by atoms with Gasteiger partial charge in [-0.2, -0.15) is 0 Å². The summed E-state index contributed by atoms with van der Waals surface area (Å²) in [6.07, 6.45) is 1.63. The Balaban J connectivity index is 2.18. The van der Waals surface area contributed by atoms with E-state index in [1.807, 2.05) is 13.8 Å². The lowest BCUT2D eigenvalue weighted by molar-refractivity contribution is -0.138. The first kappa shape index (κ1) is 16.2. The van der Waals surface area contributed by atoms with Crippen molar-refractivity contribution in [1.29, 1.82) is 0 Å². The van der Waals surface area contributed by atoms with Gasteiger partial charge in [-0.1, -0.05) is 0 Å². The minimum absolute atomic E-state index is 0.0125. The molecule has 7 nitrogen and oxygen atoms in total. The first-order valence-corrected chi connectivity index (χ1v) is 7.52. The van der Waals surface area contributed by atoms with Crippen LogP contribution in [0, 0.1) is 0 Å². The molecule has 4 N–H and O–H groups in total. The van der Waals surface area contributed by atoms with Crippen LogP contribution in [0.15, 0.2) is 18.3 Å². The standard InChI is InChI=1S/C14H17N3O4S/c1-7(2)21-10-3-4-16-9-5-11(22-12(9)10)13(18)17-6-8(15)14(19)20/h3-5,7-8H,6,15H2,1-2H3,(H,17,18)(H,19,20). The van der Waals surface area contributed by atoms with E-state index < -0.39 is 12.0 Å². The average Bonchev–Trinajstić information content (AvgIpc) is 2.88. The minimum Gasteiger partial charge on any atom is -0.489 e. The number of carboxylic acid groups (broad SMARTS) is 1. The first-order chi connectivity index (χ1) is 10.4. The molecule has 2 rings (SSSR count).